The summed E-state index contributed by atoms with van der Waals surface area (Å²) in [5.74, 6) is 1.94. The van der Waals surface area contributed by atoms with Gasteiger partial charge in [-0.05, 0) is 74.8 Å². The normalized spacial score (nSPS) is 27.7. The number of benzene rings is 1. The standard InChI is InChI=1S/C26H34N2O3/c29-26(30)21-13-14-28(16-21)17-22-8-5-20-15-24(11-12-25(20)27-22)31-23-9-6-19(7-10-23)18-3-1-2-4-18/h5,8,11-12,15,18-19,21,23H,1-4,6-7,9-10,13-14,16-17H2,(H,29,30)/t19-,21?,23-. The van der Waals surface area contributed by atoms with Gasteiger partial charge in [0.2, 0.25) is 0 Å². The van der Waals surface area contributed by atoms with E-state index in [1.807, 2.05) is 0 Å². The van der Waals surface area contributed by atoms with Crippen LogP contribution in [0.5, 0.6) is 5.75 Å². The first kappa shape index (κ1) is 20.7. The summed E-state index contributed by atoms with van der Waals surface area (Å²) in [6, 6.07) is 10.4. The monoisotopic (exact) mass is 422 g/mol. The zero-order valence-electron chi connectivity index (χ0n) is 18.3. The van der Waals surface area contributed by atoms with Crippen molar-refractivity contribution < 1.29 is 14.6 Å². The molecule has 1 aliphatic heterocycles. The molecular weight excluding hydrogens is 388 g/mol. The van der Waals surface area contributed by atoms with Crippen LogP contribution in [0.3, 0.4) is 0 Å². The Kier molecular flexibility index (Phi) is 6.13. The molecule has 166 valence electrons. The molecule has 1 aromatic carbocycles. The van der Waals surface area contributed by atoms with E-state index in [1.54, 1.807) is 0 Å². The van der Waals surface area contributed by atoms with Crippen LogP contribution in [-0.4, -0.2) is 40.2 Å². The molecule has 3 aliphatic rings. The van der Waals surface area contributed by atoms with Gasteiger partial charge < -0.3 is 9.84 Å². The lowest BCUT2D eigenvalue weighted by Crippen LogP contribution is -2.27. The number of fused-ring (bicyclic) bond motifs is 1. The summed E-state index contributed by atoms with van der Waals surface area (Å²) in [6.07, 6.45) is 11.9. The fraction of sp³-hybridized carbons (Fsp3) is 0.615. The minimum Gasteiger partial charge on any atom is -0.490 e. The number of aliphatic carboxylic acids is 1. The minimum absolute atomic E-state index is 0.242. The molecular formula is C26H34N2O3. The molecule has 1 unspecified atom stereocenters. The molecule has 2 saturated carbocycles. The van der Waals surface area contributed by atoms with Crippen molar-refractivity contribution in [3.05, 3.63) is 36.0 Å². The fourth-order valence-corrected chi connectivity index (χ4v) is 6.01. The highest BCUT2D eigenvalue weighted by Crippen LogP contribution is 2.40. The van der Waals surface area contributed by atoms with E-state index in [4.69, 9.17) is 9.72 Å². The zero-order valence-corrected chi connectivity index (χ0v) is 18.3. The third-order valence-corrected chi connectivity index (χ3v) is 7.81. The molecule has 1 saturated heterocycles. The number of likely N-dealkylation sites (tertiary alicyclic amines) is 1. The highest BCUT2D eigenvalue weighted by atomic mass is 16.5. The molecule has 5 nitrogen and oxygen atoms in total. The Labute approximate surface area is 184 Å². The average Bonchev–Trinajstić information content (AvgIpc) is 3.47. The van der Waals surface area contributed by atoms with Crippen molar-refractivity contribution >= 4 is 16.9 Å². The largest absolute Gasteiger partial charge is 0.490 e. The quantitative estimate of drug-likeness (QED) is 0.687. The maximum absolute atomic E-state index is 11.2. The minimum atomic E-state index is -0.687. The van der Waals surface area contributed by atoms with E-state index < -0.39 is 5.97 Å². The number of ether oxygens (including phenoxy) is 1. The summed E-state index contributed by atoms with van der Waals surface area (Å²) in [5.41, 5.74) is 1.97. The lowest BCUT2D eigenvalue weighted by atomic mass is 9.78. The second-order valence-corrected chi connectivity index (χ2v) is 9.92. The number of carboxylic acid groups (broad SMARTS) is 1. The first-order valence-electron chi connectivity index (χ1n) is 12.2. The molecule has 0 bridgehead atoms. The van der Waals surface area contributed by atoms with Gasteiger partial charge in [-0.15, -0.1) is 0 Å². The number of hydrogen-bond acceptors (Lipinski definition) is 4. The van der Waals surface area contributed by atoms with Crippen LogP contribution in [0, 0.1) is 17.8 Å². The summed E-state index contributed by atoms with van der Waals surface area (Å²) < 4.78 is 6.35. The van der Waals surface area contributed by atoms with Crippen LogP contribution in [-0.2, 0) is 11.3 Å². The van der Waals surface area contributed by atoms with E-state index in [0.717, 1.165) is 47.1 Å². The van der Waals surface area contributed by atoms with E-state index in [2.05, 4.69) is 35.2 Å². The smallest absolute Gasteiger partial charge is 0.307 e. The summed E-state index contributed by atoms with van der Waals surface area (Å²) in [4.78, 5) is 18.2. The van der Waals surface area contributed by atoms with Crippen LogP contribution in [0.25, 0.3) is 10.9 Å². The van der Waals surface area contributed by atoms with Gasteiger partial charge in [0.15, 0.2) is 0 Å². The van der Waals surface area contributed by atoms with E-state index in [9.17, 15) is 9.90 Å². The van der Waals surface area contributed by atoms with Crippen molar-refractivity contribution in [3.8, 4) is 5.75 Å². The van der Waals surface area contributed by atoms with Gasteiger partial charge in [0.05, 0.1) is 23.2 Å². The predicted octanol–water partition coefficient (Wildman–Crippen LogP) is 5.27. The molecule has 1 aromatic heterocycles. The predicted molar refractivity (Wildman–Crippen MR) is 121 cm³/mol. The van der Waals surface area contributed by atoms with Crippen LogP contribution in [0.15, 0.2) is 30.3 Å². The summed E-state index contributed by atoms with van der Waals surface area (Å²) in [5, 5.41) is 10.3. The van der Waals surface area contributed by atoms with Gasteiger partial charge in [0, 0.05) is 18.5 Å². The summed E-state index contributed by atoms with van der Waals surface area (Å²) in [7, 11) is 0. The third kappa shape index (κ3) is 4.87. The number of aromatic nitrogens is 1. The lowest BCUT2D eigenvalue weighted by Gasteiger charge is -2.32. The number of carbonyl (C=O) groups is 1. The van der Waals surface area contributed by atoms with Gasteiger partial charge in [-0.3, -0.25) is 14.7 Å². The summed E-state index contributed by atoms with van der Waals surface area (Å²) >= 11 is 0. The molecule has 0 amide bonds. The molecule has 5 heteroatoms. The Balaban J connectivity index is 1.17. The van der Waals surface area contributed by atoms with Crippen molar-refractivity contribution in [3.63, 3.8) is 0 Å². The molecule has 0 radical (unpaired) electrons. The summed E-state index contributed by atoms with van der Waals surface area (Å²) in [6.45, 7) is 2.15. The van der Waals surface area contributed by atoms with Crippen molar-refractivity contribution in [2.75, 3.05) is 13.1 Å². The average molecular weight is 423 g/mol. The van der Waals surface area contributed by atoms with Crippen molar-refractivity contribution in [2.45, 2.75) is 70.4 Å². The van der Waals surface area contributed by atoms with Gasteiger partial charge in [-0.1, -0.05) is 31.7 Å². The fourth-order valence-electron chi connectivity index (χ4n) is 6.01. The van der Waals surface area contributed by atoms with Gasteiger partial charge in [0.1, 0.15) is 5.75 Å². The van der Waals surface area contributed by atoms with Crippen LogP contribution in [0.2, 0.25) is 0 Å². The maximum Gasteiger partial charge on any atom is 0.307 e. The van der Waals surface area contributed by atoms with E-state index in [0.29, 0.717) is 19.2 Å². The number of hydrogen-bond donors (Lipinski definition) is 1. The Hall–Kier alpha value is -2.14. The van der Waals surface area contributed by atoms with Gasteiger partial charge in [-0.2, -0.15) is 0 Å². The SMILES string of the molecule is O=C(O)C1CCN(Cc2ccc3cc(O[C@H]4CC[C@H](C5CCCC5)CC4)ccc3n2)C1. The molecule has 3 fully saturated rings. The Morgan fingerprint density at radius 2 is 1.77 bits per heavy atom. The highest BCUT2D eigenvalue weighted by Gasteiger charge is 2.30. The third-order valence-electron chi connectivity index (χ3n) is 7.81. The molecule has 5 rings (SSSR count). The van der Waals surface area contributed by atoms with E-state index in [-0.39, 0.29) is 5.92 Å². The Bertz CT molecular complexity index is 916. The lowest BCUT2D eigenvalue weighted by molar-refractivity contribution is -0.141. The van der Waals surface area contributed by atoms with Crippen LogP contribution >= 0.6 is 0 Å². The van der Waals surface area contributed by atoms with E-state index in [1.165, 1.54) is 51.4 Å². The molecule has 2 heterocycles. The second kappa shape index (κ2) is 9.15. The van der Waals surface area contributed by atoms with Gasteiger partial charge in [-0.25, -0.2) is 0 Å². The van der Waals surface area contributed by atoms with Crippen LogP contribution in [0.4, 0.5) is 0 Å². The highest BCUT2D eigenvalue weighted by molar-refractivity contribution is 5.80. The van der Waals surface area contributed by atoms with Crippen LogP contribution < -0.4 is 4.74 Å². The molecule has 2 aromatic rings. The van der Waals surface area contributed by atoms with Crippen LogP contribution in [0.1, 0.15) is 63.5 Å². The number of nitrogens with zero attached hydrogens (tertiary/aromatic N) is 2. The number of pyridine rings is 1. The van der Waals surface area contributed by atoms with Crippen molar-refractivity contribution in [2.24, 2.45) is 17.8 Å². The molecule has 2 aliphatic carbocycles. The number of rotatable bonds is 6. The zero-order chi connectivity index (χ0) is 21.2. The topological polar surface area (TPSA) is 62.7 Å². The Morgan fingerprint density at radius 3 is 2.52 bits per heavy atom. The van der Waals surface area contributed by atoms with E-state index >= 15 is 0 Å². The maximum atomic E-state index is 11.2. The molecule has 1 N–H and O–H groups in total. The molecule has 0 spiro atoms. The van der Waals surface area contributed by atoms with Gasteiger partial charge >= 0.3 is 5.97 Å². The Morgan fingerprint density at radius 1 is 1.00 bits per heavy atom. The van der Waals surface area contributed by atoms with Crippen molar-refractivity contribution in [1.82, 2.24) is 9.88 Å². The van der Waals surface area contributed by atoms with Gasteiger partial charge in [0.25, 0.3) is 0 Å². The molecule has 1 atom stereocenters. The number of carboxylic acids is 1. The first-order chi connectivity index (χ1) is 15.1. The van der Waals surface area contributed by atoms with Crippen molar-refractivity contribution in [1.29, 1.82) is 0 Å². The first-order valence-corrected chi connectivity index (χ1v) is 12.2. The second-order valence-electron chi connectivity index (χ2n) is 9.92. The molecule has 31 heavy (non-hydrogen) atoms.